The van der Waals surface area contributed by atoms with E-state index in [4.69, 9.17) is 9.15 Å². The number of amides is 1. The molecule has 158 valence electrons. The molecule has 0 saturated carbocycles. The molecule has 0 bridgehead atoms. The second-order valence-corrected chi connectivity index (χ2v) is 8.09. The van der Waals surface area contributed by atoms with Crippen molar-refractivity contribution in [2.75, 3.05) is 6.61 Å². The van der Waals surface area contributed by atoms with Gasteiger partial charge in [0.2, 0.25) is 0 Å². The zero-order valence-electron chi connectivity index (χ0n) is 17.3. The Labute approximate surface area is 181 Å². The van der Waals surface area contributed by atoms with E-state index >= 15 is 0 Å². The number of nitrogens with zero attached hydrogens (tertiary/aromatic N) is 2. The van der Waals surface area contributed by atoms with E-state index in [9.17, 15) is 14.4 Å². The maximum Gasteiger partial charge on any atom is 0.349 e. The topological polar surface area (TPSA) is 90.9 Å². The van der Waals surface area contributed by atoms with Gasteiger partial charge >= 0.3 is 11.6 Å². The second kappa shape index (κ2) is 8.31. The number of ether oxygens (including phenoxy) is 1. The van der Waals surface area contributed by atoms with Gasteiger partial charge in [-0.3, -0.25) is 9.59 Å². The predicted molar refractivity (Wildman–Crippen MR) is 118 cm³/mol. The molecule has 0 radical (unpaired) electrons. The first-order valence-corrected chi connectivity index (χ1v) is 10.6. The van der Waals surface area contributed by atoms with E-state index in [1.54, 1.807) is 35.8 Å². The first-order chi connectivity index (χ1) is 14.9. The van der Waals surface area contributed by atoms with Gasteiger partial charge in [-0.15, -0.1) is 0 Å². The summed E-state index contributed by atoms with van der Waals surface area (Å²) in [5, 5.41) is 0.628. The third-order valence-electron chi connectivity index (χ3n) is 4.78. The summed E-state index contributed by atoms with van der Waals surface area (Å²) in [6.07, 6.45) is 0. The Kier molecular flexibility index (Phi) is 5.56. The number of carbonyl (C=O) groups is 2. The van der Waals surface area contributed by atoms with Crippen LogP contribution in [-0.2, 0) is 16.1 Å². The Hall–Kier alpha value is -3.52. The maximum absolute atomic E-state index is 12.9. The summed E-state index contributed by atoms with van der Waals surface area (Å²) in [6, 6.07) is 12.4. The average molecular weight is 436 g/mol. The summed E-state index contributed by atoms with van der Waals surface area (Å²) < 4.78 is 12.9. The fourth-order valence-corrected chi connectivity index (χ4v) is 4.52. The van der Waals surface area contributed by atoms with E-state index in [0.29, 0.717) is 15.8 Å². The molecule has 4 rings (SSSR count). The number of esters is 1. The molecule has 0 saturated heterocycles. The normalized spacial score (nSPS) is 11.9. The summed E-state index contributed by atoms with van der Waals surface area (Å²) in [4.78, 5) is 42.0. The molecule has 0 spiro atoms. The molecule has 0 aliphatic rings. The van der Waals surface area contributed by atoms with E-state index in [2.05, 4.69) is 4.99 Å². The summed E-state index contributed by atoms with van der Waals surface area (Å²) in [5.74, 6) is -1.15. The lowest BCUT2D eigenvalue weighted by molar-refractivity contribution is -0.143. The predicted octanol–water partition coefficient (Wildman–Crippen LogP) is 3.73. The van der Waals surface area contributed by atoms with Crippen LogP contribution in [0.5, 0.6) is 0 Å². The molecule has 0 aliphatic heterocycles. The molecule has 1 amide bonds. The van der Waals surface area contributed by atoms with Crippen molar-refractivity contribution < 1.29 is 18.7 Å². The van der Waals surface area contributed by atoms with Crippen LogP contribution in [0.2, 0.25) is 0 Å². The van der Waals surface area contributed by atoms with Crippen molar-refractivity contribution in [2.24, 2.45) is 4.99 Å². The SMILES string of the molecule is CCOC(=O)Cn1c(=NC(=O)c2cc3ccccc3oc2=O)sc2c(C)cc(C)cc21. The molecular formula is C23H20N2O5S. The van der Waals surface area contributed by atoms with Gasteiger partial charge in [0.25, 0.3) is 5.91 Å². The molecular weight excluding hydrogens is 416 g/mol. The molecule has 4 aromatic rings. The fraction of sp³-hybridized carbons (Fsp3) is 0.217. The summed E-state index contributed by atoms with van der Waals surface area (Å²) in [5.41, 5.74) is 2.30. The molecule has 8 heteroatoms. The van der Waals surface area contributed by atoms with Gasteiger partial charge in [0, 0.05) is 5.39 Å². The minimum absolute atomic E-state index is 0.0881. The summed E-state index contributed by atoms with van der Waals surface area (Å²) in [7, 11) is 0. The van der Waals surface area contributed by atoms with E-state index in [1.807, 2.05) is 26.0 Å². The Bertz CT molecular complexity index is 1460. The first kappa shape index (κ1) is 20.7. The monoisotopic (exact) mass is 436 g/mol. The molecule has 7 nitrogen and oxygen atoms in total. The van der Waals surface area contributed by atoms with Gasteiger partial charge in [-0.05, 0) is 50.1 Å². The van der Waals surface area contributed by atoms with Crippen LogP contribution < -0.4 is 10.4 Å². The lowest BCUT2D eigenvalue weighted by atomic mass is 10.1. The molecule has 0 unspecified atom stereocenters. The average Bonchev–Trinajstić information content (AvgIpc) is 3.05. The molecule has 0 fully saturated rings. The Morgan fingerprint density at radius 1 is 1.16 bits per heavy atom. The largest absolute Gasteiger partial charge is 0.465 e. The van der Waals surface area contributed by atoms with Crippen LogP contribution in [0.3, 0.4) is 0 Å². The molecule has 0 aliphatic carbocycles. The lowest BCUT2D eigenvalue weighted by Crippen LogP contribution is -2.24. The highest BCUT2D eigenvalue weighted by molar-refractivity contribution is 7.16. The molecule has 2 aromatic heterocycles. The number of carbonyl (C=O) groups excluding carboxylic acids is 2. The van der Waals surface area contributed by atoms with Gasteiger partial charge in [0.15, 0.2) is 4.80 Å². The van der Waals surface area contributed by atoms with Crippen LogP contribution in [0.25, 0.3) is 21.2 Å². The van der Waals surface area contributed by atoms with Crippen molar-refractivity contribution in [3.05, 3.63) is 74.4 Å². The number of aromatic nitrogens is 1. The summed E-state index contributed by atoms with van der Waals surface area (Å²) in [6.45, 7) is 5.82. The number of rotatable bonds is 4. The zero-order chi connectivity index (χ0) is 22.1. The summed E-state index contributed by atoms with van der Waals surface area (Å²) >= 11 is 1.29. The molecule has 2 heterocycles. The number of benzene rings is 2. The van der Waals surface area contributed by atoms with Crippen molar-refractivity contribution in [2.45, 2.75) is 27.3 Å². The van der Waals surface area contributed by atoms with Gasteiger partial charge in [0.05, 0.1) is 16.8 Å². The standard InChI is InChI=1S/C23H20N2O5S/c1-4-29-19(26)12-25-17-10-13(2)9-14(3)20(17)31-23(25)24-21(27)16-11-15-7-5-6-8-18(15)30-22(16)28/h5-11H,4,12H2,1-3H3. The number of thiazole rings is 1. The third kappa shape index (κ3) is 4.06. The molecule has 31 heavy (non-hydrogen) atoms. The van der Waals surface area contributed by atoms with Gasteiger partial charge in [-0.2, -0.15) is 4.99 Å². The first-order valence-electron chi connectivity index (χ1n) is 9.75. The van der Waals surface area contributed by atoms with Gasteiger partial charge < -0.3 is 13.7 Å². The number of hydrogen-bond donors (Lipinski definition) is 0. The number of fused-ring (bicyclic) bond motifs is 2. The van der Waals surface area contributed by atoms with Crippen LogP contribution in [0, 0.1) is 13.8 Å². The molecule has 0 N–H and O–H groups in total. The van der Waals surface area contributed by atoms with Crippen molar-refractivity contribution in [3.63, 3.8) is 0 Å². The Morgan fingerprint density at radius 3 is 2.71 bits per heavy atom. The second-order valence-electron chi connectivity index (χ2n) is 7.11. The highest BCUT2D eigenvalue weighted by atomic mass is 32.1. The molecule has 0 atom stereocenters. The lowest BCUT2D eigenvalue weighted by Gasteiger charge is -2.06. The van der Waals surface area contributed by atoms with Crippen molar-refractivity contribution in [1.82, 2.24) is 4.57 Å². The Morgan fingerprint density at radius 2 is 1.94 bits per heavy atom. The highest BCUT2D eigenvalue weighted by Crippen LogP contribution is 2.23. The number of hydrogen-bond acceptors (Lipinski definition) is 6. The third-order valence-corrected chi connectivity index (χ3v) is 6.01. The highest BCUT2D eigenvalue weighted by Gasteiger charge is 2.17. The fourth-order valence-electron chi connectivity index (χ4n) is 3.44. The minimum Gasteiger partial charge on any atom is -0.465 e. The van der Waals surface area contributed by atoms with Crippen molar-refractivity contribution in [1.29, 1.82) is 0 Å². The van der Waals surface area contributed by atoms with Crippen molar-refractivity contribution >= 4 is 44.4 Å². The van der Waals surface area contributed by atoms with Gasteiger partial charge in [0.1, 0.15) is 17.7 Å². The maximum atomic E-state index is 12.9. The van der Waals surface area contributed by atoms with E-state index in [-0.39, 0.29) is 18.7 Å². The van der Waals surface area contributed by atoms with E-state index < -0.39 is 17.5 Å². The smallest absolute Gasteiger partial charge is 0.349 e. The van der Waals surface area contributed by atoms with E-state index in [1.165, 1.54) is 17.4 Å². The minimum atomic E-state index is -0.752. The van der Waals surface area contributed by atoms with Gasteiger partial charge in [-0.25, -0.2) is 4.79 Å². The van der Waals surface area contributed by atoms with Crippen LogP contribution in [0.1, 0.15) is 28.4 Å². The molecule has 2 aromatic carbocycles. The quantitative estimate of drug-likeness (QED) is 0.359. The van der Waals surface area contributed by atoms with Gasteiger partial charge in [-0.1, -0.05) is 35.6 Å². The van der Waals surface area contributed by atoms with Crippen LogP contribution in [0.15, 0.2) is 56.7 Å². The van der Waals surface area contributed by atoms with Crippen LogP contribution in [-0.4, -0.2) is 23.1 Å². The Balaban J connectivity index is 1.89. The number of aryl methyl sites for hydroxylation is 2. The number of para-hydroxylation sites is 1. The van der Waals surface area contributed by atoms with Crippen LogP contribution >= 0.6 is 11.3 Å². The van der Waals surface area contributed by atoms with E-state index in [0.717, 1.165) is 21.3 Å². The zero-order valence-corrected chi connectivity index (χ0v) is 18.1. The van der Waals surface area contributed by atoms with Crippen molar-refractivity contribution in [3.8, 4) is 0 Å². The van der Waals surface area contributed by atoms with Crippen LogP contribution in [0.4, 0.5) is 0 Å².